The molecule has 7 nitrogen and oxygen atoms in total. The van der Waals surface area contributed by atoms with Gasteiger partial charge in [0.05, 0.1) is 32.3 Å². The van der Waals surface area contributed by atoms with Gasteiger partial charge in [0.2, 0.25) is 5.79 Å². The smallest absolute Gasteiger partial charge is 0.264 e. The number of aromatic nitrogens is 2. The Bertz CT molecular complexity index is 779. The normalized spacial score (nSPS) is 24.3. The van der Waals surface area contributed by atoms with Crippen molar-refractivity contribution < 1.29 is 22.1 Å². The van der Waals surface area contributed by atoms with Crippen molar-refractivity contribution in [1.82, 2.24) is 9.55 Å². The van der Waals surface area contributed by atoms with E-state index in [1.807, 2.05) is 16.7 Å². The predicted octanol–water partition coefficient (Wildman–Crippen LogP) is 1.78. The number of nitrogens with zero attached hydrogens (tertiary/aromatic N) is 2. The fourth-order valence-electron chi connectivity index (χ4n) is 2.50. The van der Waals surface area contributed by atoms with Crippen molar-refractivity contribution in [2.45, 2.75) is 18.4 Å². The van der Waals surface area contributed by atoms with Gasteiger partial charge in [-0.3, -0.25) is 4.18 Å². The zero-order valence-electron chi connectivity index (χ0n) is 13.0. The molecular weight excluding hydrogens is 356 g/mol. The van der Waals surface area contributed by atoms with E-state index in [4.69, 9.17) is 25.3 Å². The average Bonchev–Trinajstić information content (AvgIpc) is 3.16. The van der Waals surface area contributed by atoms with Crippen LogP contribution in [0.1, 0.15) is 5.56 Å². The van der Waals surface area contributed by atoms with Crippen molar-refractivity contribution in [3.63, 3.8) is 0 Å². The Morgan fingerprint density at radius 1 is 1.42 bits per heavy atom. The first-order valence-corrected chi connectivity index (χ1v) is 9.44. The van der Waals surface area contributed by atoms with Gasteiger partial charge in [-0.05, 0) is 12.1 Å². The topological polar surface area (TPSA) is 79.7 Å². The second kappa shape index (κ2) is 6.81. The van der Waals surface area contributed by atoms with E-state index in [0.29, 0.717) is 11.6 Å². The summed E-state index contributed by atoms with van der Waals surface area (Å²) in [5.41, 5.74) is 0.780. The van der Waals surface area contributed by atoms with Crippen LogP contribution in [0.5, 0.6) is 0 Å². The van der Waals surface area contributed by atoms with Crippen LogP contribution >= 0.6 is 11.6 Å². The van der Waals surface area contributed by atoms with Gasteiger partial charge in [-0.25, -0.2) is 4.98 Å². The largest absolute Gasteiger partial charge is 0.342 e. The second-order valence-electron chi connectivity index (χ2n) is 5.53. The van der Waals surface area contributed by atoms with Crippen LogP contribution in [-0.2, 0) is 36.1 Å². The molecule has 24 heavy (non-hydrogen) atoms. The van der Waals surface area contributed by atoms with Gasteiger partial charge in [0, 0.05) is 23.0 Å². The molecule has 0 aliphatic carbocycles. The van der Waals surface area contributed by atoms with Crippen molar-refractivity contribution in [3.05, 3.63) is 53.6 Å². The highest BCUT2D eigenvalue weighted by Crippen LogP contribution is 2.36. The molecule has 0 bridgehead atoms. The molecule has 1 aromatic carbocycles. The Morgan fingerprint density at radius 3 is 2.79 bits per heavy atom. The molecule has 2 atom stereocenters. The second-order valence-corrected chi connectivity index (χ2v) is 7.61. The quantitative estimate of drug-likeness (QED) is 0.719. The molecule has 3 rings (SSSR count). The van der Waals surface area contributed by atoms with E-state index < -0.39 is 22.0 Å². The van der Waals surface area contributed by atoms with Crippen LogP contribution in [-0.4, -0.2) is 43.5 Å². The Labute approximate surface area is 145 Å². The van der Waals surface area contributed by atoms with Crippen LogP contribution in [0.4, 0.5) is 0 Å². The summed E-state index contributed by atoms with van der Waals surface area (Å²) in [7, 11) is -3.54. The van der Waals surface area contributed by atoms with Gasteiger partial charge < -0.3 is 14.0 Å². The summed E-state index contributed by atoms with van der Waals surface area (Å²) in [5.74, 6) is -1.06. The molecule has 130 valence electrons. The Balaban J connectivity index is 1.82. The van der Waals surface area contributed by atoms with Crippen LogP contribution in [0.15, 0.2) is 43.0 Å². The summed E-state index contributed by atoms with van der Waals surface area (Å²) in [6.45, 7) is 0.481. The van der Waals surface area contributed by atoms with E-state index in [1.165, 1.54) is 0 Å². The number of imidazole rings is 1. The van der Waals surface area contributed by atoms with Crippen LogP contribution in [0.3, 0.4) is 0 Å². The molecule has 1 aliphatic heterocycles. The first-order chi connectivity index (χ1) is 11.4. The van der Waals surface area contributed by atoms with Crippen molar-refractivity contribution in [3.8, 4) is 0 Å². The lowest BCUT2D eigenvalue weighted by atomic mass is 10.1. The van der Waals surface area contributed by atoms with E-state index >= 15 is 0 Å². The van der Waals surface area contributed by atoms with Gasteiger partial charge in [-0.1, -0.05) is 23.7 Å². The Hall–Kier alpha value is -1.45. The number of hydrogen-bond donors (Lipinski definition) is 0. The van der Waals surface area contributed by atoms with Crippen molar-refractivity contribution in [2.24, 2.45) is 0 Å². The molecule has 2 aromatic rings. The van der Waals surface area contributed by atoms with Crippen molar-refractivity contribution >= 4 is 21.7 Å². The third-order valence-corrected chi connectivity index (χ3v) is 4.38. The fourth-order valence-corrected chi connectivity index (χ4v) is 3.02. The first kappa shape index (κ1) is 17.4. The lowest BCUT2D eigenvalue weighted by Crippen LogP contribution is -2.34. The predicted molar refractivity (Wildman–Crippen MR) is 87.0 cm³/mol. The fraction of sp³-hybridized carbons (Fsp3) is 0.400. The van der Waals surface area contributed by atoms with Crippen LogP contribution in [0.25, 0.3) is 0 Å². The number of halogens is 1. The maximum atomic E-state index is 11.2. The SMILES string of the molecule is CS(=O)(=O)OC[C@H]1CO[C@@](Cn2ccnc2)(c2ccc(Cl)cc2)O1. The summed E-state index contributed by atoms with van der Waals surface area (Å²) in [6.07, 6.45) is 5.62. The van der Waals surface area contributed by atoms with E-state index in [-0.39, 0.29) is 13.2 Å². The highest BCUT2D eigenvalue weighted by atomic mass is 35.5. The van der Waals surface area contributed by atoms with E-state index in [2.05, 4.69) is 4.98 Å². The minimum atomic E-state index is -3.54. The zero-order chi connectivity index (χ0) is 17.2. The van der Waals surface area contributed by atoms with Crippen LogP contribution in [0.2, 0.25) is 5.02 Å². The van der Waals surface area contributed by atoms with E-state index in [1.54, 1.807) is 30.9 Å². The number of benzene rings is 1. The average molecular weight is 373 g/mol. The standard InChI is InChI=1S/C15H17ClN2O5S/c1-24(19,20)22-9-14-8-21-15(23-14,10-18-7-6-17-11-18)12-2-4-13(16)5-3-12/h2-7,11,14H,8-10H2,1H3/t14-,15-/m1/s1. The summed E-state index contributed by atoms with van der Waals surface area (Å²) in [5, 5.41) is 0.603. The summed E-state index contributed by atoms with van der Waals surface area (Å²) >= 11 is 5.95. The van der Waals surface area contributed by atoms with Gasteiger partial charge in [0.1, 0.15) is 6.10 Å². The molecule has 0 spiro atoms. The van der Waals surface area contributed by atoms with Crippen LogP contribution < -0.4 is 0 Å². The van der Waals surface area contributed by atoms with Crippen molar-refractivity contribution in [2.75, 3.05) is 19.5 Å². The van der Waals surface area contributed by atoms with Gasteiger partial charge in [0.15, 0.2) is 0 Å². The third kappa shape index (κ3) is 4.14. The maximum absolute atomic E-state index is 11.2. The van der Waals surface area contributed by atoms with Gasteiger partial charge in [-0.15, -0.1) is 0 Å². The van der Waals surface area contributed by atoms with E-state index in [0.717, 1.165) is 11.8 Å². The minimum Gasteiger partial charge on any atom is -0.342 e. The number of ether oxygens (including phenoxy) is 2. The molecule has 0 amide bonds. The molecule has 0 unspecified atom stereocenters. The molecule has 0 N–H and O–H groups in total. The summed E-state index contributed by atoms with van der Waals surface area (Å²) in [6, 6.07) is 7.14. The monoisotopic (exact) mass is 372 g/mol. The number of hydrogen-bond acceptors (Lipinski definition) is 6. The minimum absolute atomic E-state index is 0.0991. The van der Waals surface area contributed by atoms with Gasteiger partial charge in [0.25, 0.3) is 10.1 Å². The van der Waals surface area contributed by atoms with Crippen molar-refractivity contribution in [1.29, 1.82) is 0 Å². The summed E-state index contributed by atoms with van der Waals surface area (Å²) in [4.78, 5) is 4.02. The molecule has 0 saturated carbocycles. The molecule has 1 aromatic heterocycles. The molecule has 9 heteroatoms. The van der Waals surface area contributed by atoms with Crippen LogP contribution in [0, 0.1) is 0 Å². The summed E-state index contributed by atoms with van der Waals surface area (Å²) < 4.78 is 41.0. The highest BCUT2D eigenvalue weighted by molar-refractivity contribution is 7.85. The Kier molecular flexibility index (Phi) is 4.93. The molecular formula is C15H17ClN2O5S. The van der Waals surface area contributed by atoms with Gasteiger partial charge >= 0.3 is 0 Å². The molecule has 1 fully saturated rings. The Morgan fingerprint density at radius 2 is 2.17 bits per heavy atom. The molecule has 1 saturated heterocycles. The zero-order valence-corrected chi connectivity index (χ0v) is 14.5. The van der Waals surface area contributed by atoms with E-state index in [9.17, 15) is 8.42 Å². The first-order valence-electron chi connectivity index (χ1n) is 7.24. The number of rotatable bonds is 6. The van der Waals surface area contributed by atoms with Gasteiger partial charge in [-0.2, -0.15) is 8.42 Å². The lowest BCUT2D eigenvalue weighted by Gasteiger charge is -2.29. The highest BCUT2D eigenvalue weighted by Gasteiger charge is 2.44. The molecule has 1 aliphatic rings. The maximum Gasteiger partial charge on any atom is 0.264 e. The third-order valence-electron chi connectivity index (χ3n) is 3.56. The molecule has 0 radical (unpaired) electrons. The lowest BCUT2D eigenvalue weighted by molar-refractivity contribution is -0.189. The molecule has 2 heterocycles.